The summed E-state index contributed by atoms with van der Waals surface area (Å²) in [6, 6.07) is 3.32. The Hall–Kier alpha value is -2.00. The minimum atomic E-state index is -3.26. The number of fused-ring (bicyclic) bond motifs is 1. The second-order valence-corrected chi connectivity index (χ2v) is 8.69. The zero-order chi connectivity index (χ0) is 18.9. The molecule has 0 radical (unpaired) electrons. The second kappa shape index (κ2) is 7.32. The van der Waals surface area contributed by atoms with Crippen molar-refractivity contribution in [1.29, 1.82) is 0 Å². The molecule has 1 unspecified atom stereocenters. The molecule has 1 aliphatic rings. The van der Waals surface area contributed by atoms with E-state index in [9.17, 15) is 17.6 Å². The second-order valence-electron chi connectivity index (χ2n) is 6.75. The van der Waals surface area contributed by atoms with Gasteiger partial charge in [0.15, 0.2) is 5.69 Å². The first kappa shape index (κ1) is 18.8. The molecule has 2 aromatic heterocycles. The molecule has 26 heavy (non-hydrogen) atoms. The van der Waals surface area contributed by atoms with Gasteiger partial charge in [0.25, 0.3) is 5.91 Å². The topological polar surface area (TPSA) is 83.8 Å². The molecule has 142 valence electrons. The molecule has 0 bridgehead atoms. The number of nitrogens with zero attached hydrogens (tertiary/aromatic N) is 3. The number of aromatic nitrogens is 2. The first-order valence-electron chi connectivity index (χ1n) is 8.66. The Balaban J connectivity index is 1.65. The van der Waals surface area contributed by atoms with E-state index >= 15 is 0 Å². The van der Waals surface area contributed by atoms with Crippen LogP contribution in [0.5, 0.6) is 0 Å². The van der Waals surface area contributed by atoms with Gasteiger partial charge in [-0.05, 0) is 37.8 Å². The van der Waals surface area contributed by atoms with Crippen molar-refractivity contribution < 1.29 is 17.6 Å². The fourth-order valence-electron chi connectivity index (χ4n) is 3.40. The number of hydrogen-bond acceptors (Lipinski definition) is 4. The molecule has 1 N–H and O–H groups in total. The summed E-state index contributed by atoms with van der Waals surface area (Å²) in [6.45, 7) is 2.61. The highest BCUT2D eigenvalue weighted by molar-refractivity contribution is 7.88. The molecule has 3 heterocycles. The minimum absolute atomic E-state index is 0.132. The van der Waals surface area contributed by atoms with Crippen molar-refractivity contribution >= 4 is 21.6 Å². The Morgan fingerprint density at radius 3 is 2.88 bits per heavy atom. The summed E-state index contributed by atoms with van der Waals surface area (Å²) < 4.78 is 40.9. The third kappa shape index (κ3) is 3.88. The van der Waals surface area contributed by atoms with Gasteiger partial charge in [-0.2, -0.15) is 8.70 Å². The molecule has 3 rings (SSSR count). The third-order valence-electron chi connectivity index (χ3n) is 4.69. The third-order valence-corrected chi connectivity index (χ3v) is 6.02. The average molecular weight is 382 g/mol. The van der Waals surface area contributed by atoms with Gasteiger partial charge >= 0.3 is 0 Å². The highest BCUT2D eigenvalue weighted by Gasteiger charge is 2.29. The van der Waals surface area contributed by atoms with Crippen LogP contribution in [0.15, 0.2) is 18.3 Å². The van der Waals surface area contributed by atoms with Crippen LogP contribution in [0.1, 0.15) is 41.7 Å². The lowest BCUT2D eigenvalue weighted by atomic mass is 10.0. The Morgan fingerprint density at radius 1 is 1.38 bits per heavy atom. The molecule has 0 aliphatic carbocycles. The predicted molar refractivity (Wildman–Crippen MR) is 96.0 cm³/mol. The fourth-order valence-corrected chi connectivity index (χ4v) is 4.61. The van der Waals surface area contributed by atoms with E-state index in [2.05, 4.69) is 10.3 Å². The van der Waals surface area contributed by atoms with Crippen molar-refractivity contribution in [2.24, 2.45) is 0 Å². The number of hydrogen-bond donors (Lipinski definition) is 1. The van der Waals surface area contributed by atoms with Gasteiger partial charge < -0.3 is 5.32 Å². The van der Waals surface area contributed by atoms with Gasteiger partial charge in [-0.25, -0.2) is 13.4 Å². The van der Waals surface area contributed by atoms with Crippen molar-refractivity contribution in [2.75, 3.05) is 19.3 Å². The van der Waals surface area contributed by atoms with Crippen LogP contribution in [-0.4, -0.2) is 53.4 Å². The zero-order valence-electron chi connectivity index (χ0n) is 14.9. The highest BCUT2D eigenvalue weighted by atomic mass is 32.2. The summed E-state index contributed by atoms with van der Waals surface area (Å²) in [5, 5.41) is 2.66. The number of rotatable bonds is 5. The number of imidazole rings is 1. The number of halogens is 1. The Kier molecular flexibility index (Phi) is 5.29. The molecular formula is C17H23FN4O3S. The van der Waals surface area contributed by atoms with Crippen molar-refractivity contribution in [2.45, 2.75) is 38.6 Å². The molecule has 1 aliphatic heterocycles. The fraction of sp³-hybridized carbons (Fsp3) is 0.529. The smallest absolute Gasteiger partial charge is 0.274 e. The number of piperidine rings is 1. The predicted octanol–water partition coefficient (Wildman–Crippen LogP) is 1.72. The molecular weight excluding hydrogens is 359 g/mol. The van der Waals surface area contributed by atoms with E-state index in [0.717, 1.165) is 24.8 Å². The van der Waals surface area contributed by atoms with Gasteiger partial charge in [-0.3, -0.25) is 9.20 Å². The Bertz CT molecular complexity index is 925. The summed E-state index contributed by atoms with van der Waals surface area (Å²) in [6.07, 6.45) is 5.86. The quantitative estimate of drug-likeness (QED) is 0.853. The number of sulfonamides is 1. The summed E-state index contributed by atoms with van der Waals surface area (Å²) in [5.74, 6) is -1.29. The zero-order valence-corrected chi connectivity index (χ0v) is 15.7. The van der Waals surface area contributed by atoms with E-state index in [0.29, 0.717) is 18.6 Å². The summed E-state index contributed by atoms with van der Waals surface area (Å²) in [4.78, 5) is 16.3. The summed E-state index contributed by atoms with van der Waals surface area (Å²) in [5.41, 5.74) is 0.979. The molecule has 7 nitrogen and oxygen atoms in total. The van der Waals surface area contributed by atoms with E-state index in [1.54, 1.807) is 18.3 Å². The largest absolute Gasteiger partial charge is 0.350 e. The maximum Gasteiger partial charge on any atom is 0.274 e. The van der Waals surface area contributed by atoms with Gasteiger partial charge in [0, 0.05) is 25.3 Å². The molecule has 0 aromatic carbocycles. The van der Waals surface area contributed by atoms with Crippen LogP contribution in [0, 0.1) is 12.9 Å². The van der Waals surface area contributed by atoms with Crippen LogP contribution in [0.25, 0.3) is 5.65 Å². The molecule has 0 spiro atoms. The van der Waals surface area contributed by atoms with Gasteiger partial charge in [-0.15, -0.1) is 0 Å². The lowest BCUT2D eigenvalue weighted by Gasteiger charge is -2.33. The summed E-state index contributed by atoms with van der Waals surface area (Å²) >= 11 is 0. The van der Waals surface area contributed by atoms with Gasteiger partial charge in [-0.1, -0.05) is 12.5 Å². The number of aryl methyl sites for hydroxylation is 1. The molecule has 0 saturated carbocycles. The number of pyridine rings is 1. The maximum atomic E-state index is 14.4. The van der Waals surface area contributed by atoms with E-state index in [4.69, 9.17) is 0 Å². The first-order chi connectivity index (χ1) is 12.3. The van der Waals surface area contributed by atoms with Crippen LogP contribution in [0.2, 0.25) is 0 Å². The monoisotopic (exact) mass is 382 g/mol. The SMILES string of the molecule is Cc1ccc2nc(C(=O)NCCC3CCCCN3S(C)(=O)=O)c(F)n2c1. The normalized spacial score (nSPS) is 19.0. The maximum absolute atomic E-state index is 14.4. The minimum Gasteiger partial charge on any atom is -0.350 e. The van der Waals surface area contributed by atoms with Crippen LogP contribution in [0.3, 0.4) is 0 Å². The molecule has 1 atom stereocenters. The van der Waals surface area contributed by atoms with Crippen LogP contribution in [0.4, 0.5) is 4.39 Å². The first-order valence-corrected chi connectivity index (χ1v) is 10.5. The summed E-state index contributed by atoms with van der Waals surface area (Å²) in [7, 11) is -3.26. The average Bonchev–Trinajstić information content (AvgIpc) is 2.91. The number of amides is 1. The van der Waals surface area contributed by atoms with Crippen LogP contribution < -0.4 is 5.32 Å². The van der Waals surface area contributed by atoms with Crippen molar-refractivity contribution in [3.63, 3.8) is 0 Å². The Labute approximate surface area is 152 Å². The van der Waals surface area contributed by atoms with E-state index in [-0.39, 0.29) is 18.3 Å². The van der Waals surface area contributed by atoms with Crippen molar-refractivity contribution in [3.8, 4) is 0 Å². The molecule has 1 saturated heterocycles. The molecule has 1 fully saturated rings. The molecule has 9 heteroatoms. The van der Waals surface area contributed by atoms with Crippen molar-refractivity contribution in [1.82, 2.24) is 19.0 Å². The molecule has 1 amide bonds. The molecule has 2 aromatic rings. The van der Waals surface area contributed by atoms with E-state index < -0.39 is 21.9 Å². The number of carbonyl (C=O) groups is 1. The number of nitrogens with one attached hydrogen (secondary N) is 1. The lowest BCUT2D eigenvalue weighted by Crippen LogP contribution is -2.44. The van der Waals surface area contributed by atoms with E-state index in [1.165, 1.54) is 15.0 Å². The van der Waals surface area contributed by atoms with Crippen molar-refractivity contribution in [3.05, 3.63) is 35.5 Å². The van der Waals surface area contributed by atoms with Gasteiger partial charge in [0.2, 0.25) is 16.0 Å². The van der Waals surface area contributed by atoms with Gasteiger partial charge in [0.1, 0.15) is 5.65 Å². The highest BCUT2D eigenvalue weighted by Crippen LogP contribution is 2.22. The van der Waals surface area contributed by atoms with Gasteiger partial charge in [0.05, 0.1) is 6.26 Å². The Morgan fingerprint density at radius 2 is 2.15 bits per heavy atom. The van der Waals surface area contributed by atoms with E-state index in [1.807, 2.05) is 6.92 Å². The number of carbonyl (C=O) groups excluding carboxylic acids is 1. The standard InChI is InChI=1S/C17H23FN4O3S/c1-12-6-7-14-20-15(16(18)21(14)11-12)17(23)19-9-8-13-5-3-4-10-22(13)26(2,24)25/h6-7,11,13H,3-5,8-10H2,1-2H3,(H,19,23). The van der Waals surface area contributed by atoms with Crippen LogP contribution >= 0.6 is 0 Å². The lowest BCUT2D eigenvalue weighted by molar-refractivity contribution is 0.0940. The van der Waals surface area contributed by atoms with Crippen LogP contribution in [-0.2, 0) is 10.0 Å².